The van der Waals surface area contributed by atoms with Gasteiger partial charge in [-0.1, -0.05) is 19.8 Å². The molecule has 4 heteroatoms. The van der Waals surface area contributed by atoms with Crippen LogP contribution in [-0.4, -0.2) is 16.9 Å². The van der Waals surface area contributed by atoms with Crippen molar-refractivity contribution in [1.29, 1.82) is 0 Å². The summed E-state index contributed by atoms with van der Waals surface area (Å²) in [6.07, 6.45) is 8.08. The van der Waals surface area contributed by atoms with Gasteiger partial charge < -0.3 is 5.32 Å². The molecule has 1 aliphatic carbocycles. The van der Waals surface area contributed by atoms with E-state index in [4.69, 9.17) is 0 Å². The predicted molar refractivity (Wildman–Crippen MR) is 70.8 cm³/mol. The highest BCUT2D eigenvalue weighted by Gasteiger charge is 2.23. The average molecular weight is 297 g/mol. The van der Waals surface area contributed by atoms with Gasteiger partial charge in [0.2, 0.25) is 0 Å². The normalized spacial score (nSPS) is 24.4. The smallest absolute Gasteiger partial charge is 0.253 e. The van der Waals surface area contributed by atoms with Crippen LogP contribution >= 0.6 is 15.9 Å². The molecule has 1 saturated carbocycles. The van der Waals surface area contributed by atoms with Crippen molar-refractivity contribution in [2.45, 2.75) is 38.6 Å². The first-order valence-electron chi connectivity index (χ1n) is 6.08. The van der Waals surface area contributed by atoms with Gasteiger partial charge in [-0.25, -0.2) is 0 Å². The summed E-state index contributed by atoms with van der Waals surface area (Å²) in [5.74, 6) is 0.561. The highest BCUT2D eigenvalue weighted by Crippen LogP contribution is 2.24. The van der Waals surface area contributed by atoms with Crippen molar-refractivity contribution in [3.05, 3.63) is 28.5 Å². The Bertz CT molecular complexity index is 408. The molecule has 17 heavy (non-hydrogen) atoms. The van der Waals surface area contributed by atoms with Crippen molar-refractivity contribution in [1.82, 2.24) is 10.3 Å². The van der Waals surface area contributed by atoms with Crippen LogP contribution in [-0.2, 0) is 0 Å². The molecule has 1 heterocycles. The lowest BCUT2D eigenvalue weighted by atomic mass is 9.86. The van der Waals surface area contributed by atoms with Gasteiger partial charge in [-0.15, -0.1) is 0 Å². The van der Waals surface area contributed by atoms with Crippen LogP contribution in [0.2, 0.25) is 0 Å². The molecule has 0 saturated heterocycles. The number of rotatable bonds is 2. The van der Waals surface area contributed by atoms with Crippen molar-refractivity contribution < 1.29 is 4.79 Å². The van der Waals surface area contributed by atoms with Crippen LogP contribution in [0.3, 0.4) is 0 Å². The van der Waals surface area contributed by atoms with Gasteiger partial charge in [0.25, 0.3) is 5.91 Å². The summed E-state index contributed by atoms with van der Waals surface area (Å²) in [6.45, 7) is 2.21. The van der Waals surface area contributed by atoms with Crippen molar-refractivity contribution in [2.75, 3.05) is 0 Å². The summed E-state index contributed by atoms with van der Waals surface area (Å²) in [7, 11) is 0. The lowest BCUT2D eigenvalue weighted by Gasteiger charge is -2.29. The minimum absolute atomic E-state index is 0.0162. The largest absolute Gasteiger partial charge is 0.349 e. The Morgan fingerprint density at radius 3 is 2.88 bits per heavy atom. The number of amides is 1. The van der Waals surface area contributed by atoms with Crippen molar-refractivity contribution in [3.63, 3.8) is 0 Å². The molecule has 0 radical (unpaired) electrons. The third kappa shape index (κ3) is 3.28. The fraction of sp³-hybridized carbons (Fsp3) is 0.538. The summed E-state index contributed by atoms with van der Waals surface area (Å²) in [5, 5.41) is 3.11. The van der Waals surface area contributed by atoms with Crippen LogP contribution in [0.4, 0.5) is 0 Å². The molecule has 1 fully saturated rings. The molecule has 1 amide bonds. The Morgan fingerprint density at radius 1 is 1.41 bits per heavy atom. The summed E-state index contributed by atoms with van der Waals surface area (Å²) in [6, 6.07) is 2.12. The van der Waals surface area contributed by atoms with Crippen molar-refractivity contribution in [3.8, 4) is 0 Å². The van der Waals surface area contributed by atoms with Crippen LogP contribution in [0.5, 0.6) is 0 Å². The molecule has 0 aromatic carbocycles. The molecule has 1 aromatic rings. The average Bonchev–Trinajstić information content (AvgIpc) is 2.32. The van der Waals surface area contributed by atoms with Gasteiger partial charge in [0.15, 0.2) is 0 Å². The molecule has 92 valence electrons. The zero-order valence-electron chi connectivity index (χ0n) is 9.95. The minimum atomic E-state index is -0.0162. The number of nitrogens with zero attached hydrogens (tertiary/aromatic N) is 1. The number of pyridine rings is 1. The number of halogens is 1. The van der Waals surface area contributed by atoms with Crippen molar-refractivity contribution >= 4 is 21.8 Å². The zero-order valence-corrected chi connectivity index (χ0v) is 11.5. The van der Waals surface area contributed by atoms with E-state index in [0.717, 1.165) is 10.9 Å². The van der Waals surface area contributed by atoms with Crippen LogP contribution in [0.15, 0.2) is 22.9 Å². The monoisotopic (exact) mass is 296 g/mol. The first-order chi connectivity index (χ1) is 8.16. The van der Waals surface area contributed by atoms with E-state index in [1.54, 1.807) is 18.5 Å². The summed E-state index contributed by atoms with van der Waals surface area (Å²) < 4.78 is 0.835. The van der Waals surface area contributed by atoms with Gasteiger partial charge in [0.1, 0.15) is 0 Å². The van der Waals surface area contributed by atoms with E-state index in [1.165, 1.54) is 19.3 Å². The maximum absolute atomic E-state index is 12.0. The second-order valence-corrected chi connectivity index (χ2v) is 5.65. The Kier molecular flexibility index (Phi) is 4.15. The van der Waals surface area contributed by atoms with Crippen molar-refractivity contribution in [2.24, 2.45) is 5.92 Å². The Balaban J connectivity index is 2.01. The molecule has 1 N–H and O–H groups in total. The Labute approximate surface area is 110 Å². The topological polar surface area (TPSA) is 42.0 Å². The fourth-order valence-electron chi connectivity index (χ4n) is 2.32. The number of carbonyl (C=O) groups is 1. The first kappa shape index (κ1) is 12.6. The first-order valence-corrected chi connectivity index (χ1v) is 6.87. The van der Waals surface area contributed by atoms with E-state index < -0.39 is 0 Å². The highest BCUT2D eigenvalue weighted by molar-refractivity contribution is 9.10. The lowest BCUT2D eigenvalue weighted by molar-refractivity contribution is 0.0910. The van der Waals surface area contributed by atoms with Gasteiger partial charge in [-0.05, 0) is 40.8 Å². The lowest BCUT2D eigenvalue weighted by Crippen LogP contribution is -2.41. The third-order valence-electron chi connectivity index (χ3n) is 3.40. The van der Waals surface area contributed by atoms with E-state index >= 15 is 0 Å². The molecule has 0 bridgehead atoms. The van der Waals surface area contributed by atoms with E-state index in [9.17, 15) is 4.79 Å². The minimum Gasteiger partial charge on any atom is -0.349 e. The number of carbonyl (C=O) groups excluding carboxylic acids is 1. The van der Waals surface area contributed by atoms with E-state index in [0.29, 0.717) is 17.5 Å². The standard InChI is InChI=1S/C13H17BrN2O/c1-9-4-2-3-5-12(9)16-13(17)10-6-11(14)8-15-7-10/h6-9,12H,2-5H2,1H3,(H,16,17)/t9-,12?/m0/s1. The maximum Gasteiger partial charge on any atom is 0.253 e. The van der Waals surface area contributed by atoms with E-state index in [1.807, 2.05) is 0 Å². The predicted octanol–water partition coefficient (Wildman–Crippen LogP) is 3.15. The third-order valence-corrected chi connectivity index (χ3v) is 3.83. The summed E-state index contributed by atoms with van der Waals surface area (Å²) >= 11 is 3.33. The van der Waals surface area contributed by atoms with Crippen LogP contribution < -0.4 is 5.32 Å². The molecule has 1 unspecified atom stereocenters. The van der Waals surface area contributed by atoms with Gasteiger partial charge >= 0.3 is 0 Å². The second kappa shape index (κ2) is 5.63. The quantitative estimate of drug-likeness (QED) is 0.911. The molecular weight excluding hydrogens is 280 g/mol. The van der Waals surface area contributed by atoms with Gasteiger partial charge in [0.05, 0.1) is 5.56 Å². The molecule has 0 spiro atoms. The fourth-order valence-corrected chi connectivity index (χ4v) is 2.68. The maximum atomic E-state index is 12.0. The SMILES string of the molecule is C[C@H]1CCCCC1NC(=O)c1cncc(Br)c1. The van der Waals surface area contributed by atoms with E-state index in [2.05, 4.69) is 33.2 Å². The molecule has 1 aromatic heterocycles. The van der Waals surface area contributed by atoms with Gasteiger partial charge in [0, 0.05) is 22.9 Å². The van der Waals surface area contributed by atoms with Gasteiger partial charge in [-0.3, -0.25) is 9.78 Å². The molecule has 1 aliphatic rings. The number of nitrogens with one attached hydrogen (secondary N) is 1. The second-order valence-electron chi connectivity index (χ2n) is 4.73. The molecule has 2 atom stereocenters. The van der Waals surface area contributed by atoms with Crippen LogP contribution in [0.25, 0.3) is 0 Å². The zero-order chi connectivity index (χ0) is 12.3. The van der Waals surface area contributed by atoms with E-state index in [-0.39, 0.29) is 5.91 Å². The number of hydrogen-bond donors (Lipinski definition) is 1. The Hall–Kier alpha value is -0.900. The Morgan fingerprint density at radius 2 is 2.18 bits per heavy atom. The molecule has 3 nitrogen and oxygen atoms in total. The summed E-state index contributed by atoms with van der Waals surface area (Å²) in [5.41, 5.74) is 0.622. The summed E-state index contributed by atoms with van der Waals surface area (Å²) in [4.78, 5) is 16.0. The molecular formula is C13H17BrN2O. The molecule has 2 rings (SSSR count). The van der Waals surface area contributed by atoms with Gasteiger partial charge in [-0.2, -0.15) is 0 Å². The molecule has 0 aliphatic heterocycles. The number of hydrogen-bond acceptors (Lipinski definition) is 2. The van der Waals surface area contributed by atoms with Crippen LogP contribution in [0.1, 0.15) is 43.0 Å². The van der Waals surface area contributed by atoms with Crippen LogP contribution in [0, 0.1) is 5.92 Å². The highest BCUT2D eigenvalue weighted by atomic mass is 79.9. The number of aromatic nitrogens is 1.